The highest BCUT2D eigenvalue weighted by molar-refractivity contribution is 5.68. The Kier molecular flexibility index (Phi) is 7.84. The lowest BCUT2D eigenvalue weighted by Gasteiger charge is -2.26. The summed E-state index contributed by atoms with van der Waals surface area (Å²) in [6.45, 7) is 6.01. The molecule has 0 radical (unpaired) electrons. The molecule has 7 heteroatoms. The number of hydrogen-bond donors (Lipinski definition) is 2. The number of hydrogen-bond acceptors (Lipinski definition) is 6. The number of aryl methyl sites for hydroxylation is 2. The molecule has 2 aromatic rings. The lowest BCUT2D eigenvalue weighted by molar-refractivity contribution is -0.137. The second kappa shape index (κ2) is 11.4. The van der Waals surface area contributed by atoms with Crippen LogP contribution < -0.4 is 10.1 Å². The van der Waals surface area contributed by atoms with Crippen molar-refractivity contribution in [2.45, 2.75) is 44.4 Å². The molecule has 3 aliphatic rings. The lowest BCUT2D eigenvalue weighted by atomic mass is 9.94. The topological polar surface area (TPSA) is 83.9 Å². The molecule has 2 fully saturated rings. The third-order valence-electron chi connectivity index (χ3n) is 7.55. The number of fused-ring (bicyclic) bond motifs is 1. The van der Waals surface area contributed by atoms with E-state index in [1.807, 2.05) is 24.3 Å². The first-order valence-electron chi connectivity index (χ1n) is 13.1. The van der Waals surface area contributed by atoms with Gasteiger partial charge in [-0.2, -0.15) is 0 Å². The molecule has 4 heterocycles. The van der Waals surface area contributed by atoms with E-state index < -0.39 is 5.97 Å². The summed E-state index contributed by atoms with van der Waals surface area (Å²) in [7, 11) is 0. The number of nitrogens with one attached hydrogen (secondary N) is 1. The Morgan fingerprint density at radius 1 is 1.26 bits per heavy atom. The average Bonchev–Trinajstić information content (AvgIpc) is 3.28. The molecule has 2 N–H and O–H groups in total. The molecule has 3 aliphatic heterocycles. The van der Waals surface area contributed by atoms with Gasteiger partial charge in [-0.25, -0.2) is 4.98 Å². The molecule has 1 aromatic carbocycles. The third kappa shape index (κ3) is 6.53. The predicted octanol–water partition coefficient (Wildman–Crippen LogP) is 3.98. The predicted molar refractivity (Wildman–Crippen MR) is 135 cm³/mol. The van der Waals surface area contributed by atoms with Crippen molar-refractivity contribution in [2.24, 2.45) is 11.8 Å². The molecule has 1 aromatic heterocycles. The highest BCUT2D eigenvalue weighted by Crippen LogP contribution is 2.29. The quantitative estimate of drug-likeness (QED) is 0.504. The van der Waals surface area contributed by atoms with E-state index in [4.69, 9.17) is 14.5 Å². The SMILES string of the molecule is O=C(O)CC(CN1CCC(CCc2ccc3c(n2)NCCC3)C1)c1cccc(OCC2COC2)c1. The van der Waals surface area contributed by atoms with Crippen molar-refractivity contribution < 1.29 is 19.4 Å². The number of carboxylic acids is 1. The molecule has 5 rings (SSSR count). The van der Waals surface area contributed by atoms with Gasteiger partial charge in [-0.15, -0.1) is 0 Å². The van der Waals surface area contributed by atoms with E-state index in [1.165, 1.54) is 17.7 Å². The summed E-state index contributed by atoms with van der Waals surface area (Å²) in [6.07, 6.45) is 5.72. The van der Waals surface area contributed by atoms with Gasteiger partial charge < -0.3 is 24.8 Å². The summed E-state index contributed by atoms with van der Waals surface area (Å²) in [5.74, 6) is 2.18. The van der Waals surface area contributed by atoms with Crippen LogP contribution in [0, 0.1) is 11.8 Å². The largest absolute Gasteiger partial charge is 0.493 e. The molecule has 35 heavy (non-hydrogen) atoms. The summed E-state index contributed by atoms with van der Waals surface area (Å²) < 4.78 is 11.2. The van der Waals surface area contributed by atoms with Crippen LogP contribution in [0.4, 0.5) is 5.82 Å². The molecule has 0 amide bonds. The van der Waals surface area contributed by atoms with E-state index in [0.717, 1.165) is 82.2 Å². The smallest absolute Gasteiger partial charge is 0.304 e. The number of nitrogens with zero attached hydrogens (tertiary/aromatic N) is 2. The lowest BCUT2D eigenvalue weighted by Crippen LogP contribution is -2.32. The van der Waals surface area contributed by atoms with Crippen LogP contribution in [0.15, 0.2) is 36.4 Å². The molecule has 0 spiro atoms. The van der Waals surface area contributed by atoms with E-state index in [9.17, 15) is 9.90 Å². The first-order valence-corrected chi connectivity index (χ1v) is 13.1. The van der Waals surface area contributed by atoms with Gasteiger partial charge >= 0.3 is 5.97 Å². The molecule has 188 valence electrons. The van der Waals surface area contributed by atoms with Crippen molar-refractivity contribution in [3.63, 3.8) is 0 Å². The third-order valence-corrected chi connectivity index (χ3v) is 7.55. The van der Waals surface area contributed by atoms with Crippen LogP contribution in [0.3, 0.4) is 0 Å². The van der Waals surface area contributed by atoms with Crippen LogP contribution in [0.5, 0.6) is 5.75 Å². The van der Waals surface area contributed by atoms with E-state index in [-0.39, 0.29) is 12.3 Å². The van der Waals surface area contributed by atoms with Gasteiger partial charge in [0, 0.05) is 37.2 Å². The van der Waals surface area contributed by atoms with Gasteiger partial charge in [0.25, 0.3) is 0 Å². The first kappa shape index (κ1) is 24.1. The van der Waals surface area contributed by atoms with Gasteiger partial charge in [-0.1, -0.05) is 18.2 Å². The van der Waals surface area contributed by atoms with Crippen LogP contribution in [-0.2, 0) is 22.4 Å². The Hall–Kier alpha value is -2.64. The van der Waals surface area contributed by atoms with Gasteiger partial charge in [0.15, 0.2) is 0 Å². The Morgan fingerprint density at radius 3 is 3.00 bits per heavy atom. The van der Waals surface area contributed by atoms with Gasteiger partial charge in [0.05, 0.1) is 26.2 Å². The number of anilines is 1. The van der Waals surface area contributed by atoms with Gasteiger partial charge in [0.1, 0.15) is 11.6 Å². The zero-order valence-electron chi connectivity index (χ0n) is 20.5. The van der Waals surface area contributed by atoms with Crippen LogP contribution in [-0.4, -0.2) is 67.0 Å². The fraction of sp³-hybridized carbons (Fsp3) is 0.571. The van der Waals surface area contributed by atoms with E-state index in [0.29, 0.717) is 18.4 Å². The molecular formula is C28H37N3O4. The average molecular weight is 480 g/mol. The molecular weight excluding hydrogens is 442 g/mol. The van der Waals surface area contributed by atoms with E-state index in [2.05, 4.69) is 22.3 Å². The second-order valence-electron chi connectivity index (χ2n) is 10.4. The molecule has 7 nitrogen and oxygen atoms in total. The summed E-state index contributed by atoms with van der Waals surface area (Å²) in [6, 6.07) is 12.4. The summed E-state index contributed by atoms with van der Waals surface area (Å²) in [5.41, 5.74) is 3.55. The summed E-state index contributed by atoms with van der Waals surface area (Å²) in [5, 5.41) is 13.0. The standard InChI is InChI=1S/C28H37N3O4/c32-27(33)14-24(23-3-1-5-26(13-23)35-19-21-17-34-18-21)16-31-12-10-20(15-31)6-8-25-9-7-22-4-2-11-29-28(22)30-25/h1,3,5,7,9,13,20-21,24H,2,4,6,8,10-12,14-19H2,(H,29,30)(H,32,33). The number of carboxylic acid groups (broad SMARTS) is 1. The number of pyridine rings is 1. The van der Waals surface area contributed by atoms with Crippen molar-refractivity contribution >= 4 is 11.8 Å². The van der Waals surface area contributed by atoms with Crippen LogP contribution in [0.1, 0.15) is 48.4 Å². The molecule has 0 bridgehead atoms. The minimum absolute atomic E-state index is 0.0461. The van der Waals surface area contributed by atoms with Crippen LogP contribution >= 0.6 is 0 Å². The highest BCUT2D eigenvalue weighted by Gasteiger charge is 2.27. The fourth-order valence-corrected chi connectivity index (χ4v) is 5.44. The number of ether oxygens (including phenoxy) is 2. The number of carbonyl (C=O) groups is 1. The second-order valence-corrected chi connectivity index (χ2v) is 10.4. The molecule has 2 unspecified atom stereocenters. The Bertz CT molecular complexity index is 1010. The van der Waals surface area contributed by atoms with Crippen molar-refractivity contribution in [3.8, 4) is 5.75 Å². The monoisotopic (exact) mass is 479 g/mol. The van der Waals surface area contributed by atoms with E-state index >= 15 is 0 Å². The maximum atomic E-state index is 11.7. The van der Waals surface area contributed by atoms with Crippen LogP contribution in [0.2, 0.25) is 0 Å². The van der Waals surface area contributed by atoms with E-state index in [1.54, 1.807) is 0 Å². The Balaban J connectivity index is 1.14. The first-order chi connectivity index (χ1) is 17.1. The van der Waals surface area contributed by atoms with Crippen LogP contribution in [0.25, 0.3) is 0 Å². The number of aromatic nitrogens is 1. The van der Waals surface area contributed by atoms with Crippen molar-refractivity contribution in [1.29, 1.82) is 0 Å². The Morgan fingerprint density at radius 2 is 2.17 bits per heavy atom. The normalized spacial score (nSPS) is 21.1. The maximum Gasteiger partial charge on any atom is 0.304 e. The minimum Gasteiger partial charge on any atom is -0.493 e. The van der Waals surface area contributed by atoms with Crippen molar-refractivity contribution in [2.75, 3.05) is 51.3 Å². The molecule has 0 aliphatic carbocycles. The minimum atomic E-state index is -0.754. The maximum absolute atomic E-state index is 11.7. The zero-order valence-corrected chi connectivity index (χ0v) is 20.5. The van der Waals surface area contributed by atoms with Gasteiger partial charge in [-0.05, 0) is 73.9 Å². The molecule has 2 saturated heterocycles. The summed E-state index contributed by atoms with van der Waals surface area (Å²) >= 11 is 0. The number of likely N-dealkylation sites (tertiary alicyclic amines) is 1. The zero-order chi connectivity index (χ0) is 24.0. The number of benzene rings is 1. The number of rotatable bonds is 11. The highest BCUT2D eigenvalue weighted by atomic mass is 16.5. The Labute approximate surface area is 207 Å². The number of aliphatic carboxylic acids is 1. The van der Waals surface area contributed by atoms with Gasteiger partial charge in [-0.3, -0.25) is 4.79 Å². The van der Waals surface area contributed by atoms with Gasteiger partial charge in [0.2, 0.25) is 0 Å². The molecule has 0 saturated carbocycles. The summed E-state index contributed by atoms with van der Waals surface area (Å²) in [4.78, 5) is 18.9. The fourth-order valence-electron chi connectivity index (χ4n) is 5.44. The van der Waals surface area contributed by atoms with Crippen molar-refractivity contribution in [1.82, 2.24) is 9.88 Å². The van der Waals surface area contributed by atoms with Crippen molar-refractivity contribution in [3.05, 3.63) is 53.2 Å². The molecule has 2 atom stereocenters.